The van der Waals surface area contributed by atoms with Crippen LogP contribution in [0.5, 0.6) is 0 Å². The van der Waals surface area contributed by atoms with Crippen molar-refractivity contribution in [3.63, 3.8) is 0 Å². The summed E-state index contributed by atoms with van der Waals surface area (Å²) in [7, 11) is 0. The van der Waals surface area contributed by atoms with Crippen LogP contribution in [0.2, 0.25) is 0 Å². The Labute approximate surface area is 182 Å². The van der Waals surface area contributed by atoms with E-state index in [1.54, 1.807) is 30.3 Å². The largest absolute Gasteiger partial charge is 0.452 e. The maximum atomic E-state index is 12.8. The topological polar surface area (TPSA) is 78.9 Å². The second-order valence-corrected chi connectivity index (χ2v) is 8.04. The van der Waals surface area contributed by atoms with Crippen LogP contribution in [0.1, 0.15) is 19.8 Å². The summed E-state index contributed by atoms with van der Waals surface area (Å²) in [6.07, 6.45) is 4.03. The fourth-order valence-corrected chi connectivity index (χ4v) is 4.17. The second kappa shape index (κ2) is 9.76. The van der Waals surface area contributed by atoms with E-state index in [1.165, 1.54) is 5.69 Å². The van der Waals surface area contributed by atoms with Crippen LogP contribution in [0.3, 0.4) is 0 Å². The lowest BCUT2D eigenvalue weighted by molar-refractivity contribution is -0.163. The number of amides is 1. The van der Waals surface area contributed by atoms with Crippen LogP contribution in [0.4, 0.5) is 11.6 Å². The van der Waals surface area contributed by atoms with Gasteiger partial charge in [-0.1, -0.05) is 18.2 Å². The number of hydrogen-bond donors (Lipinski definition) is 0. The molecule has 2 saturated heterocycles. The smallest absolute Gasteiger partial charge is 0.309 e. The van der Waals surface area contributed by atoms with Crippen molar-refractivity contribution in [1.82, 2.24) is 14.9 Å². The molecule has 1 unspecified atom stereocenters. The van der Waals surface area contributed by atoms with Gasteiger partial charge in [0.25, 0.3) is 5.91 Å². The van der Waals surface area contributed by atoms with Crippen LogP contribution < -0.4 is 9.80 Å². The molecular weight excluding hydrogens is 394 g/mol. The standard InChI is InChI=1S/C23H29N5O3/c1-18(21(29)27-16-14-26(15-17-27)20-6-3-2-4-7-20)31-22(30)19-8-12-28(13-9-19)23-24-10-5-11-25-23/h2-7,10-11,18-19H,8-9,12-17H2,1H3. The number of piperazine rings is 1. The van der Waals surface area contributed by atoms with E-state index in [0.717, 1.165) is 13.1 Å². The van der Waals surface area contributed by atoms with E-state index in [9.17, 15) is 9.59 Å². The average Bonchev–Trinajstić information content (AvgIpc) is 2.85. The van der Waals surface area contributed by atoms with E-state index in [-0.39, 0.29) is 17.8 Å². The Bertz CT molecular complexity index is 863. The predicted octanol–water partition coefficient (Wildman–Crippen LogP) is 1.97. The Morgan fingerprint density at radius 2 is 1.55 bits per heavy atom. The van der Waals surface area contributed by atoms with E-state index in [1.807, 2.05) is 18.2 Å². The number of para-hydroxylation sites is 1. The molecule has 1 aromatic heterocycles. The van der Waals surface area contributed by atoms with Gasteiger partial charge in [-0.3, -0.25) is 9.59 Å². The number of aromatic nitrogens is 2. The Morgan fingerprint density at radius 1 is 0.903 bits per heavy atom. The van der Waals surface area contributed by atoms with Gasteiger partial charge in [0.2, 0.25) is 5.95 Å². The van der Waals surface area contributed by atoms with Crippen molar-refractivity contribution in [3.05, 3.63) is 48.8 Å². The number of hydrogen-bond acceptors (Lipinski definition) is 7. The third kappa shape index (κ3) is 5.13. The fraction of sp³-hybridized carbons (Fsp3) is 0.478. The summed E-state index contributed by atoms with van der Waals surface area (Å²) in [5, 5.41) is 0. The highest BCUT2D eigenvalue weighted by molar-refractivity contribution is 5.84. The number of carbonyl (C=O) groups excluding carboxylic acids is 2. The van der Waals surface area contributed by atoms with Gasteiger partial charge in [0.15, 0.2) is 6.10 Å². The molecule has 0 radical (unpaired) electrons. The van der Waals surface area contributed by atoms with Crippen molar-refractivity contribution in [3.8, 4) is 0 Å². The maximum absolute atomic E-state index is 12.8. The maximum Gasteiger partial charge on any atom is 0.309 e. The monoisotopic (exact) mass is 423 g/mol. The van der Waals surface area contributed by atoms with Gasteiger partial charge in [-0.15, -0.1) is 0 Å². The number of benzene rings is 1. The molecule has 31 heavy (non-hydrogen) atoms. The number of anilines is 2. The van der Waals surface area contributed by atoms with Crippen molar-refractivity contribution in [2.24, 2.45) is 5.92 Å². The van der Waals surface area contributed by atoms with Gasteiger partial charge < -0.3 is 19.4 Å². The number of ether oxygens (including phenoxy) is 1. The first-order valence-electron chi connectivity index (χ1n) is 10.9. The van der Waals surface area contributed by atoms with Crippen molar-refractivity contribution in [2.75, 3.05) is 49.1 Å². The second-order valence-electron chi connectivity index (χ2n) is 8.04. The van der Waals surface area contributed by atoms with Gasteiger partial charge >= 0.3 is 5.97 Å². The molecule has 2 fully saturated rings. The molecule has 8 nitrogen and oxygen atoms in total. The number of esters is 1. The highest BCUT2D eigenvalue weighted by atomic mass is 16.5. The molecule has 0 bridgehead atoms. The first-order chi connectivity index (χ1) is 15.1. The highest BCUT2D eigenvalue weighted by Crippen LogP contribution is 2.22. The third-order valence-corrected chi connectivity index (χ3v) is 6.02. The molecule has 0 N–H and O–H groups in total. The minimum absolute atomic E-state index is 0.115. The van der Waals surface area contributed by atoms with Gasteiger partial charge in [0, 0.05) is 57.3 Å². The van der Waals surface area contributed by atoms with Crippen LogP contribution >= 0.6 is 0 Å². The zero-order chi connectivity index (χ0) is 21.6. The van der Waals surface area contributed by atoms with Crippen molar-refractivity contribution < 1.29 is 14.3 Å². The summed E-state index contributed by atoms with van der Waals surface area (Å²) in [5.74, 6) is 0.103. The molecule has 0 saturated carbocycles. The van der Waals surface area contributed by atoms with Gasteiger partial charge in [-0.05, 0) is 38.0 Å². The molecule has 0 spiro atoms. The van der Waals surface area contributed by atoms with E-state index in [2.05, 4.69) is 31.9 Å². The summed E-state index contributed by atoms with van der Waals surface area (Å²) < 4.78 is 5.56. The minimum Gasteiger partial charge on any atom is -0.452 e. The highest BCUT2D eigenvalue weighted by Gasteiger charge is 2.32. The molecule has 8 heteroatoms. The Balaban J connectivity index is 1.22. The van der Waals surface area contributed by atoms with Crippen molar-refractivity contribution in [2.45, 2.75) is 25.9 Å². The summed E-state index contributed by atoms with van der Waals surface area (Å²) in [6, 6.07) is 12.0. The summed E-state index contributed by atoms with van der Waals surface area (Å²) >= 11 is 0. The molecule has 2 aliphatic heterocycles. The van der Waals surface area contributed by atoms with Crippen LogP contribution in [-0.2, 0) is 14.3 Å². The molecule has 2 aliphatic rings. The number of rotatable bonds is 5. The normalized spacial score (nSPS) is 18.5. The van der Waals surface area contributed by atoms with E-state index in [4.69, 9.17) is 4.74 Å². The van der Waals surface area contributed by atoms with Gasteiger partial charge in [-0.2, -0.15) is 0 Å². The van der Waals surface area contributed by atoms with Gasteiger partial charge in [0.1, 0.15) is 0 Å². The lowest BCUT2D eigenvalue weighted by atomic mass is 9.97. The van der Waals surface area contributed by atoms with E-state index in [0.29, 0.717) is 45.0 Å². The zero-order valence-electron chi connectivity index (χ0n) is 17.9. The van der Waals surface area contributed by atoms with Crippen LogP contribution in [0, 0.1) is 5.92 Å². The molecule has 3 heterocycles. The van der Waals surface area contributed by atoms with Crippen LogP contribution in [-0.4, -0.2) is 72.1 Å². The summed E-state index contributed by atoms with van der Waals surface area (Å²) in [6.45, 7) is 5.89. The Hall–Kier alpha value is -3.16. The number of nitrogens with zero attached hydrogens (tertiary/aromatic N) is 5. The lowest BCUT2D eigenvalue weighted by Gasteiger charge is -2.37. The molecule has 4 rings (SSSR count). The SMILES string of the molecule is CC(OC(=O)C1CCN(c2ncccn2)CC1)C(=O)N1CCN(c2ccccc2)CC1. The first-order valence-corrected chi connectivity index (χ1v) is 10.9. The first kappa shape index (κ1) is 21.1. The van der Waals surface area contributed by atoms with Crippen molar-refractivity contribution in [1.29, 1.82) is 0 Å². The number of piperidine rings is 1. The summed E-state index contributed by atoms with van der Waals surface area (Å²) in [5.41, 5.74) is 1.17. The average molecular weight is 424 g/mol. The minimum atomic E-state index is -0.758. The molecule has 2 aromatic rings. The van der Waals surface area contributed by atoms with Gasteiger partial charge in [-0.25, -0.2) is 9.97 Å². The summed E-state index contributed by atoms with van der Waals surface area (Å²) in [4.78, 5) is 40.1. The molecule has 1 amide bonds. The van der Waals surface area contributed by atoms with Crippen molar-refractivity contribution >= 4 is 23.5 Å². The zero-order valence-corrected chi connectivity index (χ0v) is 17.9. The lowest BCUT2D eigenvalue weighted by Crippen LogP contribution is -2.52. The van der Waals surface area contributed by atoms with Crippen LogP contribution in [0.25, 0.3) is 0 Å². The molecule has 1 aromatic carbocycles. The molecule has 164 valence electrons. The number of carbonyl (C=O) groups is 2. The fourth-order valence-electron chi connectivity index (χ4n) is 4.17. The van der Waals surface area contributed by atoms with E-state index < -0.39 is 6.10 Å². The predicted molar refractivity (Wildman–Crippen MR) is 118 cm³/mol. The quantitative estimate of drug-likeness (QED) is 0.681. The van der Waals surface area contributed by atoms with Gasteiger partial charge in [0.05, 0.1) is 5.92 Å². The Morgan fingerprint density at radius 3 is 2.19 bits per heavy atom. The van der Waals surface area contributed by atoms with Crippen LogP contribution in [0.15, 0.2) is 48.8 Å². The van der Waals surface area contributed by atoms with E-state index >= 15 is 0 Å². The molecule has 1 atom stereocenters. The molecule has 0 aliphatic carbocycles. The Kier molecular flexibility index (Phi) is 6.64. The third-order valence-electron chi connectivity index (χ3n) is 6.02. The molecular formula is C23H29N5O3.